The van der Waals surface area contributed by atoms with E-state index in [4.69, 9.17) is 0 Å². The van der Waals surface area contributed by atoms with Crippen LogP contribution in [0.3, 0.4) is 0 Å². The van der Waals surface area contributed by atoms with Crippen molar-refractivity contribution in [2.24, 2.45) is 0 Å². The van der Waals surface area contributed by atoms with Crippen molar-refractivity contribution in [2.45, 2.75) is 78.6 Å². The van der Waals surface area contributed by atoms with E-state index in [2.05, 4.69) is 469 Å². The first-order valence-electron chi connectivity index (χ1n) is 42.0. The lowest BCUT2D eigenvalue weighted by Gasteiger charge is -2.47. The van der Waals surface area contributed by atoms with Gasteiger partial charge in [-0.25, -0.2) is 0 Å². The average molecular weight is 1530 g/mol. The molecule has 0 saturated carbocycles. The van der Waals surface area contributed by atoms with E-state index in [0.29, 0.717) is 0 Å². The van der Waals surface area contributed by atoms with Crippen molar-refractivity contribution in [1.82, 2.24) is 9.13 Å². The number of rotatable bonds is 12. The number of benzene rings is 17. The van der Waals surface area contributed by atoms with E-state index < -0.39 is 0 Å². The molecule has 0 radical (unpaired) electrons. The fourth-order valence-electron chi connectivity index (χ4n) is 19.0. The molecule has 0 bridgehead atoms. The van der Waals surface area contributed by atoms with Crippen LogP contribution in [-0.4, -0.2) is 15.8 Å². The summed E-state index contributed by atoms with van der Waals surface area (Å²) in [7, 11) is 0. The molecule has 0 amide bonds. The molecule has 0 saturated heterocycles. The van der Waals surface area contributed by atoms with Gasteiger partial charge in [-0.05, 0) is 225 Å². The maximum absolute atomic E-state index is 2.76. The van der Waals surface area contributed by atoms with Gasteiger partial charge in [0, 0.05) is 77.9 Å². The van der Waals surface area contributed by atoms with Crippen LogP contribution in [0.15, 0.2) is 388 Å². The highest BCUT2D eigenvalue weighted by Crippen LogP contribution is 2.56. The zero-order valence-electron chi connectivity index (χ0n) is 68.8. The third-order valence-corrected chi connectivity index (χ3v) is 25.1. The molecule has 4 nitrogen and oxygen atoms in total. The van der Waals surface area contributed by atoms with Gasteiger partial charge in [-0.15, -0.1) is 0 Å². The molecular weight excluding hydrogens is 1440 g/mol. The van der Waals surface area contributed by atoms with E-state index in [1.165, 1.54) is 76.9 Å². The Morgan fingerprint density at radius 3 is 0.773 bits per heavy atom. The van der Waals surface area contributed by atoms with Crippen molar-refractivity contribution in [3.63, 3.8) is 0 Å². The lowest BCUT2D eigenvalue weighted by molar-refractivity contribution is 0.590. The Labute approximate surface area is 699 Å². The van der Waals surface area contributed by atoms with Gasteiger partial charge < -0.3 is 18.9 Å². The van der Waals surface area contributed by atoms with E-state index in [1.54, 1.807) is 0 Å². The second kappa shape index (κ2) is 28.4. The smallest absolute Gasteiger partial charge is 0.252 e. The molecular formula is C114H91BN4. The summed E-state index contributed by atoms with van der Waals surface area (Å²) >= 11 is 0. The molecule has 4 heterocycles. The summed E-state index contributed by atoms with van der Waals surface area (Å²) in [5, 5.41) is 4.88. The molecule has 2 aliphatic heterocycles. The number of aromatic nitrogens is 2. The molecule has 19 aromatic rings. The van der Waals surface area contributed by atoms with Crippen LogP contribution in [0, 0.1) is 0 Å². The van der Waals surface area contributed by atoms with Crippen LogP contribution in [0.25, 0.3) is 144 Å². The molecule has 0 aliphatic carbocycles. The van der Waals surface area contributed by atoms with Crippen LogP contribution in [0.5, 0.6) is 0 Å². The summed E-state index contributed by atoms with van der Waals surface area (Å²) in [4.78, 5) is 5.52. The first-order chi connectivity index (χ1) is 57.9. The lowest BCUT2D eigenvalue weighted by atomic mass is 9.33. The second-order valence-corrected chi connectivity index (χ2v) is 35.6. The van der Waals surface area contributed by atoms with E-state index in [9.17, 15) is 0 Å². The highest BCUT2D eigenvalue weighted by Gasteiger charge is 2.47. The summed E-state index contributed by atoms with van der Waals surface area (Å²) in [6.07, 6.45) is 0. The summed E-state index contributed by atoms with van der Waals surface area (Å²) in [5.74, 6) is 0. The number of nitrogens with zero attached hydrogens (tertiary/aromatic N) is 4. The van der Waals surface area contributed by atoms with E-state index in [-0.39, 0.29) is 23.0 Å². The van der Waals surface area contributed by atoms with Gasteiger partial charge in [0.1, 0.15) is 0 Å². The quantitative estimate of drug-likeness (QED) is 0.113. The molecule has 2 aromatic heterocycles. The topological polar surface area (TPSA) is 16.3 Å². The van der Waals surface area contributed by atoms with Gasteiger partial charge in [0.05, 0.1) is 33.4 Å². The lowest BCUT2D eigenvalue weighted by Crippen LogP contribution is -2.61. The second-order valence-electron chi connectivity index (χ2n) is 35.6. The van der Waals surface area contributed by atoms with E-state index in [1.807, 2.05) is 0 Å². The fraction of sp³-hybridized carbons (Fsp3) is 0.105. The highest BCUT2D eigenvalue weighted by atomic mass is 15.2. The van der Waals surface area contributed by atoms with Gasteiger partial charge >= 0.3 is 0 Å². The Bertz CT molecular complexity index is 6700. The van der Waals surface area contributed by atoms with E-state index >= 15 is 0 Å². The minimum absolute atomic E-state index is 0.261. The Morgan fingerprint density at radius 2 is 0.454 bits per heavy atom. The van der Waals surface area contributed by atoms with E-state index in [0.717, 1.165) is 134 Å². The first kappa shape index (κ1) is 72.7. The zero-order valence-corrected chi connectivity index (χ0v) is 68.8. The standard InChI is InChI=1S/C114H91BN4/c1-112(2,3)86-66-95(76-38-18-12-19-39-76)110(97(68-86)84-48-32-46-82(64-84)80-44-30-42-78(62-80)74-34-14-10-15-35-74)118-105-72-89(116-101-54-26-22-50-91(101)92-51-23-27-55-102(92)116)58-60-99(105)115-100-61-59-90(117-103-56-28-24-52-93(103)94-53-25-29-57-104(94)117)73-106(100)119(108-71-88(114(7,8)9)70-107(118)109(108)115)111-96(77-40-20-13-21-41-77)67-87(113(4,5)6)69-98(111)85-49-33-47-83(65-85)81-45-31-43-79(63-81)75-36-16-11-17-37-75/h10-73H,1-9H3. The number of hydrogen-bond donors (Lipinski definition) is 0. The molecule has 5 heteroatoms. The maximum Gasteiger partial charge on any atom is 0.252 e. The molecule has 0 fully saturated rings. The largest absolute Gasteiger partial charge is 0.310 e. The molecule has 17 aromatic carbocycles. The molecule has 119 heavy (non-hydrogen) atoms. The number of hydrogen-bond acceptors (Lipinski definition) is 2. The fourth-order valence-corrected chi connectivity index (χ4v) is 19.0. The van der Waals surface area contributed by atoms with Gasteiger partial charge in [0.15, 0.2) is 0 Å². The minimum Gasteiger partial charge on any atom is -0.310 e. The third kappa shape index (κ3) is 12.5. The normalized spacial score (nSPS) is 12.7. The Balaban J connectivity index is 0.918. The summed E-state index contributed by atoms with van der Waals surface area (Å²) < 4.78 is 5.03. The summed E-state index contributed by atoms with van der Waals surface area (Å²) in [5.41, 5.74) is 38.5. The Hall–Kier alpha value is -14.0. The number of para-hydroxylation sites is 4. The Morgan fingerprint density at radius 1 is 0.202 bits per heavy atom. The van der Waals surface area contributed by atoms with Gasteiger partial charge in [0.25, 0.3) is 6.71 Å². The van der Waals surface area contributed by atoms with Crippen LogP contribution in [0.1, 0.15) is 79.0 Å². The van der Waals surface area contributed by atoms with Crippen LogP contribution in [0.4, 0.5) is 34.1 Å². The van der Waals surface area contributed by atoms with Gasteiger partial charge in [-0.1, -0.05) is 341 Å². The van der Waals surface area contributed by atoms with Crippen LogP contribution < -0.4 is 26.2 Å². The zero-order chi connectivity index (χ0) is 80.6. The first-order valence-corrected chi connectivity index (χ1v) is 42.0. The highest BCUT2D eigenvalue weighted by molar-refractivity contribution is 7.00. The molecule has 0 spiro atoms. The van der Waals surface area contributed by atoms with Crippen molar-refractivity contribution in [3.05, 3.63) is 405 Å². The van der Waals surface area contributed by atoms with Crippen molar-refractivity contribution in [3.8, 4) is 100 Å². The minimum atomic E-state index is -0.387. The predicted molar refractivity (Wildman–Crippen MR) is 509 cm³/mol. The van der Waals surface area contributed by atoms with Crippen LogP contribution in [-0.2, 0) is 16.2 Å². The third-order valence-electron chi connectivity index (χ3n) is 25.1. The SMILES string of the molecule is CC(C)(C)c1cc(-c2ccccc2)c(N2c3cc(-n4c5ccccc5c5ccccc54)ccc3B3c4ccc(-n5c6ccccc6c6ccccc65)cc4N(c4c(-c5ccccc5)cc(C(C)(C)C)cc4-c4cccc(-c5cccc(-c6ccccc6)c5)c4)c4cc(C(C)(C)C)cc2c43)c(-c2cccc(-c3cccc(-c4ccccc4)c3)c2)c1. The summed E-state index contributed by atoms with van der Waals surface area (Å²) in [6, 6.07) is 147. The van der Waals surface area contributed by atoms with Crippen molar-refractivity contribution >= 4 is 101 Å². The molecule has 21 rings (SSSR count). The number of anilines is 6. The van der Waals surface area contributed by atoms with Crippen molar-refractivity contribution in [1.29, 1.82) is 0 Å². The number of fused-ring (bicyclic) bond motifs is 10. The van der Waals surface area contributed by atoms with Crippen molar-refractivity contribution < 1.29 is 0 Å². The molecule has 2 aliphatic rings. The van der Waals surface area contributed by atoms with Crippen LogP contribution >= 0.6 is 0 Å². The predicted octanol–water partition coefficient (Wildman–Crippen LogP) is 29.2. The van der Waals surface area contributed by atoms with Gasteiger partial charge in [-0.3, -0.25) is 0 Å². The van der Waals surface area contributed by atoms with Gasteiger partial charge in [0.2, 0.25) is 0 Å². The van der Waals surface area contributed by atoms with Crippen LogP contribution in [0.2, 0.25) is 0 Å². The maximum atomic E-state index is 2.76. The molecule has 0 unspecified atom stereocenters. The van der Waals surface area contributed by atoms with Crippen molar-refractivity contribution in [2.75, 3.05) is 9.80 Å². The molecule has 0 N–H and O–H groups in total. The summed E-state index contributed by atoms with van der Waals surface area (Å²) in [6.45, 7) is 21.2. The monoisotopic (exact) mass is 1530 g/mol. The Kier molecular flexibility index (Phi) is 17.4. The molecule has 570 valence electrons. The van der Waals surface area contributed by atoms with Gasteiger partial charge in [-0.2, -0.15) is 0 Å². The average Bonchev–Trinajstić information content (AvgIpc) is 0.978. The molecule has 0 atom stereocenters.